The first-order valence-corrected chi connectivity index (χ1v) is 9.12. The van der Waals surface area contributed by atoms with Gasteiger partial charge in [-0.05, 0) is 38.0 Å². The Kier molecular flexibility index (Phi) is 4.36. The van der Waals surface area contributed by atoms with Gasteiger partial charge in [0.05, 0.1) is 18.4 Å². The van der Waals surface area contributed by atoms with E-state index in [4.69, 9.17) is 4.74 Å². The van der Waals surface area contributed by atoms with E-state index in [9.17, 15) is 13.2 Å². The van der Waals surface area contributed by atoms with Crippen molar-refractivity contribution in [3.8, 4) is 0 Å². The van der Waals surface area contributed by atoms with Crippen molar-refractivity contribution < 1.29 is 17.9 Å². The van der Waals surface area contributed by atoms with Crippen LogP contribution in [0, 0.1) is 20.8 Å². The molecule has 0 spiro atoms. The predicted octanol–water partition coefficient (Wildman–Crippen LogP) is 1.64. The number of carbonyl (C=O) groups is 1. The van der Waals surface area contributed by atoms with Gasteiger partial charge in [-0.25, -0.2) is 14.3 Å². The fourth-order valence-corrected chi connectivity index (χ4v) is 3.50. The van der Waals surface area contributed by atoms with Gasteiger partial charge in [-0.3, -0.25) is 4.72 Å². The van der Waals surface area contributed by atoms with Gasteiger partial charge in [-0.15, -0.1) is 5.10 Å². The number of fused-ring (bicyclic) bond motifs is 1. The number of hydrogen-bond acceptors (Lipinski definition) is 7. The number of benzene rings is 1. The number of nitrogens with zero attached hydrogens (tertiary/aromatic N) is 4. The summed E-state index contributed by atoms with van der Waals surface area (Å²) >= 11 is 0. The average molecular weight is 375 g/mol. The lowest BCUT2D eigenvalue weighted by Gasteiger charge is -2.14. The topological polar surface area (TPSA) is 116 Å². The lowest BCUT2D eigenvalue weighted by molar-refractivity contribution is 0.0601. The Bertz CT molecular complexity index is 1120. The molecule has 2 aromatic heterocycles. The van der Waals surface area contributed by atoms with E-state index < -0.39 is 21.1 Å². The molecule has 0 bridgehead atoms. The van der Waals surface area contributed by atoms with E-state index in [-0.39, 0.29) is 17.0 Å². The van der Waals surface area contributed by atoms with E-state index in [1.54, 1.807) is 39.0 Å². The molecule has 3 aromatic rings. The smallest absolute Gasteiger partial charge is 0.340 e. The maximum absolute atomic E-state index is 12.8. The van der Waals surface area contributed by atoms with Crippen LogP contribution in [0.2, 0.25) is 0 Å². The molecule has 1 N–H and O–H groups in total. The number of nitrogens with one attached hydrogen (secondary N) is 1. The van der Waals surface area contributed by atoms with Crippen molar-refractivity contribution in [1.82, 2.24) is 19.6 Å². The Morgan fingerprint density at radius 2 is 1.85 bits per heavy atom. The predicted molar refractivity (Wildman–Crippen MR) is 93.6 cm³/mol. The Labute approximate surface area is 150 Å². The zero-order valence-electron chi connectivity index (χ0n) is 14.6. The van der Waals surface area contributed by atoms with Crippen molar-refractivity contribution in [2.24, 2.45) is 0 Å². The fourth-order valence-electron chi connectivity index (χ4n) is 2.49. The van der Waals surface area contributed by atoms with Gasteiger partial charge in [-0.2, -0.15) is 13.4 Å². The number of ether oxygens (including phenoxy) is 1. The average Bonchev–Trinajstić information content (AvgIpc) is 3.04. The summed E-state index contributed by atoms with van der Waals surface area (Å²) in [6.45, 7) is 5.14. The van der Waals surface area contributed by atoms with Gasteiger partial charge in [0.25, 0.3) is 21.0 Å². The van der Waals surface area contributed by atoms with Crippen molar-refractivity contribution in [1.29, 1.82) is 0 Å². The monoisotopic (exact) mass is 375 g/mol. The van der Waals surface area contributed by atoms with Gasteiger partial charge < -0.3 is 4.74 Å². The summed E-state index contributed by atoms with van der Waals surface area (Å²) in [4.78, 5) is 20.1. The molecule has 10 heteroatoms. The minimum Gasteiger partial charge on any atom is -0.465 e. The Balaban J connectivity index is 2.11. The number of sulfonamides is 1. The van der Waals surface area contributed by atoms with E-state index in [0.717, 1.165) is 0 Å². The number of carbonyl (C=O) groups excluding carboxylic acids is 1. The normalized spacial score (nSPS) is 11.5. The molecular formula is C16H17N5O4S. The first-order chi connectivity index (χ1) is 12.2. The highest BCUT2D eigenvalue weighted by Gasteiger charge is 2.26. The first kappa shape index (κ1) is 17.8. The van der Waals surface area contributed by atoms with Crippen LogP contribution in [0.15, 0.2) is 29.6 Å². The minimum atomic E-state index is -4.14. The molecule has 0 saturated carbocycles. The molecule has 0 aliphatic heterocycles. The van der Waals surface area contributed by atoms with Crippen molar-refractivity contribution in [2.75, 3.05) is 11.8 Å². The number of rotatable bonds is 4. The van der Waals surface area contributed by atoms with Crippen molar-refractivity contribution in [2.45, 2.75) is 25.9 Å². The summed E-state index contributed by atoms with van der Waals surface area (Å²) in [6.07, 6.45) is 1.52. The third-order valence-corrected chi connectivity index (χ3v) is 5.03. The molecule has 0 amide bonds. The SMILES string of the molecule is COC(=O)c1c(C)ccc(C)c1NS(=O)(=O)c1nc2nccc(C)n2n1. The number of anilines is 1. The maximum atomic E-state index is 12.8. The van der Waals surface area contributed by atoms with Crippen molar-refractivity contribution in [3.63, 3.8) is 0 Å². The summed E-state index contributed by atoms with van der Waals surface area (Å²) in [6, 6.07) is 5.11. The second kappa shape index (κ2) is 6.37. The van der Waals surface area contributed by atoms with Crippen LogP contribution in [0.4, 0.5) is 5.69 Å². The number of esters is 1. The van der Waals surface area contributed by atoms with Crippen LogP contribution in [-0.2, 0) is 14.8 Å². The van der Waals surface area contributed by atoms with Crippen LogP contribution in [0.5, 0.6) is 0 Å². The van der Waals surface area contributed by atoms with Crippen molar-refractivity contribution >= 4 is 27.5 Å². The van der Waals surface area contributed by atoms with Crippen LogP contribution in [0.25, 0.3) is 5.78 Å². The third-order valence-electron chi connectivity index (χ3n) is 3.90. The molecule has 0 aliphatic carbocycles. The highest BCUT2D eigenvalue weighted by molar-refractivity contribution is 7.92. The van der Waals surface area contributed by atoms with E-state index >= 15 is 0 Å². The zero-order valence-corrected chi connectivity index (χ0v) is 15.5. The number of aromatic nitrogens is 4. The molecule has 26 heavy (non-hydrogen) atoms. The lowest BCUT2D eigenvalue weighted by atomic mass is 10.0. The number of hydrogen-bond donors (Lipinski definition) is 1. The van der Waals surface area contributed by atoms with E-state index in [1.165, 1.54) is 17.8 Å². The van der Waals surface area contributed by atoms with Gasteiger partial charge in [0.2, 0.25) is 0 Å². The van der Waals surface area contributed by atoms with Gasteiger partial charge in [-0.1, -0.05) is 12.1 Å². The van der Waals surface area contributed by atoms with Crippen LogP contribution in [0.1, 0.15) is 27.2 Å². The maximum Gasteiger partial charge on any atom is 0.340 e. The summed E-state index contributed by atoms with van der Waals surface area (Å²) in [5.74, 6) is -0.469. The van der Waals surface area contributed by atoms with Crippen LogP contribution >= 0.6 is 0 Å². The second-order valence-electron chi connectivity index (χ2n) is 5.74. The molecule has 0 fully saturated rings. The van der Waals surface area contributed by atoms with Gasteiger partial charge in [0, 0.05) is 11.9 Å². The van der Waals surface area contributed by atoms with E-state index in [0.29, 0.717) is 16.8 Å². The van der Waals surface area contributed by atoms with E-state index in [2.05, 4.69) is 19.8 Å². The summed E-state index contributed by atoms with van der Waals surface area (Å²) in [7, 11) is -2.90. The molecule has 2 heterocycles. The highest BCUT2D eigenvalue weighted by Crippen LogP contribution is 2.27. The van der Waals surface area contributed by atoms with Crippen molar-refractivity contribution in [3.05, 3.63) is 46.8 Å². The first-order valence-electron chi connectivity index (χ1n) is 7.64. The number of methoxy groups -OCH3 is 1. The van der Waals surface area contributed by atoms with Crippen LogP contribution in [-0.4, -0.2) is 41.1 Å². The Morgan fingerprint density at radius 3 is 2.50 bits per heavy atom. The molecular weight excluding hydrogens is 358 g/mol. The zero-order chi connectivity index (χ0) is 19.1. The molecule has 0 radical (unpaired) electrons. The Morgan fingerprint density at radius 1 is 1.15 bits per heavy atom. The van der Waals surface area contributed by atoms with Crippen LogP contribution < -0.4 is 4.72 Å². The minimum absolute atomic E-state index is 0.139. The van der Waals surface area contributed by atoms with Gasteiger partial charge in [0.15, 0.2) is 0 Å². The van der Waals surface area contributed by atoms with Crippen LogP contribution in [0.3, 0.4) is 0 Å². The summed E-state index contributed by atoms with van der Waals surface area (Å²) < 4.78 is 34.1. The fraction of sp³-hybridized carbons (Fsp3) is 0.250. The third kappa shape index (κ3) is 2.99. The molecule has 3 rings (SSSR count). The standard InChI is InChI=1S/C16H17N5O4S/c1-9-5-6-10(2)13(12(9)14(22)25-4)20-26(23,24)16-18-15-17-8-7-11(3)21(15)19-16/h5-8,20H,1-4H3. The molecule has 1 aromatic carbocycles. The summed E-state index contributed by atoms with van der Waals surface area (Å²) in [5.41, 5.74) is 2.12. The molecule has 0 saturated heterocycles. The molecule has 9 nitrogen and oxygen atoms in total. The largest absolute Gasteiger partial charge is 0.465 e. The van der Waals surface area contributed by atoms with E-state index in [1.807, 2.05) is 0 Å². The highest BCUT2D eigenvalue weighted by atomic mass is 32.2. The molecule has 0 aliphatic rings. The lowest BCUT2D eigenvalue weighted by Crippen LogP contribution is -2.19. The molecule has 0 unspecified atom stereocenters. The second-order valence-corrected chi connectivity index (χ2v) is 7.31. The van der Waals surface area contributed by atoms with Gasteiger partial charge >= 0.3 is 5.97 Å². The quantitative estimate of drug-likeness (QED) is 0.689. The number of aryl methyl sites for hydroxylation is 3. The molecule has 136 valence electrons. The summed E-state index contributed by atoms with van der Waals surface area (Å²) in [5, 5.41) is 3.57. The molecule has 0 atom stereocenters. The Hall–Kier alpha value is -3.01. The van der Waals surface area contributed by atoms with Gasteiger partial charge in [0.1, 0.15) is 0 Å².